The van der Waals surface area contributed by atoms with Crippen LogP contribution in [0.2, 0.25) is 0 Å². The van der Waals surface area contributed by atoms with Crippen LogP contribution in [0.3, 0.4) is 0 Å². The Morgan fingerprint density at radius 2 is 1.51 bits per heavy atom. The highest BCUT2D eigenvalue weighted by molar-refractivity contribution is 7.87. The molecule has 0 radical (unpaired) electrons. The second kappa shape index (κ2) is 14.3. The third kappa shape index (κ3) is 10.2. The lowest BCUT2D eigenvalue weighted by atomic mass is 10.0. The molecule has 1 aliphatic heterocycles. The molecule has 5 N–H and O–H groups in total. The molecule has 6 amide bonds. The Kier molecular flexibility index (Phi) is 12.1. The molecule has 1 heterocycles. The SMILES string of the molecule is CCOC(=O)NCCNC(=O)[C@H](C)NC(=O)C(NC(=O)C(CCN1C(=O)C=CC1=O)S(=O)(=O)O)C(C)C. The number of hydrogen-bond acceptors (Lipinski definition) is 9. The predicted molar refractivity (Wildman–Crippen MR) is 128 cm³/mol. The van der Waals surface area contributed by atoms with Crippen molar-refractivity contribution in [2.75, 3.05) is 26.2 Å². The molecule has 0 aromatic rings. The van der Waals surface area contributed by atoms with Crippen molar-refractivity contribution in [2.45, 2.75) is 51.4 Å². The van der Waals surface area contributed by atoms with E-state index < -0.39 is 82.0 Å². The lowest BCUT2D eigenvalue weighted by Crippen LogP contribution is -2.57. The van der Waals surface area contributed by atoms with Gasteiger partial charge in [-0.1, -0.05) is 13.8 Å². The van der Waals surface area contributed by atoms with Crippen LogP contribution >= 0.6 is 0 Å². The fourth-order valence-corrected chi connectivity index (χ4v) is 3.89. The number of nitrogens with one attached hydrogen (secondary N) is 4. The molecule has 1 aliphatic rings. The van der Waals surface area contributed by atoms with Gasteiger partial charge in [-0.15, -0.1) is 0 Å². The van der Waals surface area contributed by atoms with E-state index in [1.807, 2.05) is 0 Å². The molecule has 0 spiro atoms. The predicted octanol–water partition coefficient (Wildman–Crippen LogP) is -1.93. The quantitative estimate of drug-likeness (QED) is 0.0921. The summed E-state index contributed by atoms with van der Waals surface area (Å²) in [5.74, 6) is -4.53. The smallest absolute Gasteiger partial charge is 0.407 e. The van der Waals surface area contributed by atoms with Gasteiger partial charge in [-0.2, -0.15) is 8.42 Å². The highest BCUT2D eigenvalue weighted by Gasteiger charge is 2.36. The van der Waals surface area contributed by atoms with Crippen molar-refractivity contribution in [3.05, 3.63) is 12.2 Å². The molecule has 0 aromatic carbocycles. The summed E-state index contributed by atoms with van der Waals surface area (Å²) in [6.07, 6.45) is 0.720. The fourth-order valence-electron chi connectivity index (χ4n) is 3.15. The minimum absolute atomic E-state index is 0.0514. The minimum Gasteiger partial charge on any atom is -0.450 e. The summed E-state index contributed by atoms with van der Waals surface area (Å²) >= 11 is 0. The Morgan fingerprint density at radius 1 is 0.946 bits per heavy atom. The van der Waals surface area contributed by atoms with Crippen molar-refractivity contribution in [2.24, 2.45) is 5.92 Å². The Labute approximate surface area is 214 Å². The molecule has 0 bridgehead atoms. The van der Waals surface area contributed by atoms with Crippen molar-refractivity contribution < 1.29 is 46.5 Å². The summed E-state index contributed by atoms with van der Waals surface area (Å²) in [4.78, 5) is 73.0. The topological polar surface area (TPSA) is 217 Å². The Balaban J connectivity index is 2.73. The second-order valence-corrected chi connectivity index (χ2v) is 9.95. The van der Waals surface area contributed by atoms with E-state index >= 15 is 0 Å². The number of imide groups is 1. The molecule has 3 atom stereocenters. The maximum Gasteiger partial charge on any atom is 0.407 e. The van der Waals surface area contributed by atoms with Crippen LogP contribution in [0.4, 0.5) is 4.79 Å². The summed E-state index contributed by atoms with van der Waals surface area (Å²) in [6, 6.07) is -2.33. The molecule has 0 aromatic heterocycles. The first-order chi connectivity index (χ1) is 17.2. The van der Waals surface area contributed by atoms with Crippen LogP contribution in [0.15, 0.2) is 12.2 Å². The Hall–Kier alpha value is -3.53. The van der Waals surface area contributed by atoms with Crippen molar-refractivity contribution in [3.8, 4) is 0 Å². The van der Waals surface area contributed by atoms with E-state index in [-0.39, 0.29) is 19.7 Å². The van der Waals surface area contributed by atoms with Crippen LogP contribution in [-0.2, 0) is 38.8 Å². The maximum atomic E-state index is 12.8. The fraction of sp³-hybridized carbons (Fsp3) is 0.619. The number of nitrogens with zero attached hydrogens (tertiary/aromatic N) is 1. The molecule has 37 heavy (non-hydrogen) atoms. The monoisotopic (exact) mass is 547 g/mol. The molecule has 2 unspecified atom stereocenters. The van der Waals surface area contributed by atoms with Crippen LogP contribution in [-0.4, -0.2) is 97.1 Å². The maximum absolute atomic E-state index is 12.8. The summed E-state index contributed by atoms with van der Waals surface area (Å²) in [6.45, 7) is 6.01. The minimum atomic E-state index is -4.96. The zero-order valence-electron chi connectivity index (χ0n) is 21.0. The molecular formula is C21H33N5O10S. The van der Waals surface area contributed by atoms with Gasteiger partial charge in [0.05, 0.1) is 6.61 Å². The molecule has 0 fully saturated rings. The molecule has 16 heteroatoms. The van der Waals surface area contributed by atoms with Crippen LogP contribution in [0.5, 0.6) is 0 Å². The first-order valence-electron chi connectivity index (χ1n) is 11.5. The number of amides is 6. The molecule has 0 saturated heterocycles. The van der Waals surface area contributed by atoms with Gasteiger partial charge in [0.25, 0.3) is 21.9 Å². The average Bonchev–Trinajstić information content (AvgIpc) is 3.11. The number of carbonyl (C=O) groups excluding carboxylic acids is 6. The standard InChI is InChI=1S/C21H33N5O10S/c1-5-36-21(32)23-10-9-22-18(29)13(4)24-20(31)17(12(2)3)25-19(30)14(37(33,34)35)8-11-26-15(27)6-7-16(26)28/h6-7,12-14,17H,5,8-11H2,1-4H3,(H,22,29)(H,23,32)(H,24,31)(H,25,30)(H,33,34,35)/t13-,14?,17?/m0/s1. The largest absolute Gasteiger partial charge is 0.450 e. The Morgan fingerprint density at radius 3 is 2.03 bits per heavy atom. The van der Waals surface area contributed by atoms with Gasteiger partial charge in [0.15, 0.2) is 5.25 Å². The van der Waals surface area contributed by atoms with E-state index in [1.54, 1.807) is 20.8 Å². The highest BCUT2D eigenvalue weighted by Crippen LogP contribution is 2.12. The lowest BCUT2D eigenvalue weighted by Gasteiger charge is -2.26. The normalized spacial score (nSPS) is 15.7. The third-order valence-corrected chi connectivity index (χ3v) is 6.30. The first kappa shape index (κ1) is 31.5. The summed E-state index contributed by atoms with van der Waals surface area (Å²) in [7, 11) is -4.96. The van der Waals surface area contributed by atoms with Gasteiger partial charge in [-0.05, 0) is 26.2 Å². The van der Waals surface area contributed by atoms with Crippen molar-refractivity contribution in [1.82, 2.24) is 26.2 Å². The van der Waals surface area contributed by atoms with Crippen molar-refractivity contribution >= 4 is 45.7 Å². The molecular weight excluding hydrogens is 514 g/mol. The molecule has 15 nitrogen and oxygen atoms in total. The second-order valence-electron chi connectivity index (χ2n) is 8.35. The van der Waals surface area contributed by atoms with Crippen molar-refractivity contribution in [1.29, 1.82) is 0 Å². The number of alkyl carbamates (subject to hydrolysis) is 1. The van der Waals surface area contributed by atoms with E-state index in [0.717, 1.165) is 12.2 Å². The van der Waals surface area contributed by atoms with Crippen LogP contribution in [0.25, 0.3) is 0 Å². The Bertz CT molecular complexity index is 1010. The number of hydrogen-bond donors (Lipinski definition) is 5. The van der Waals surface area contributed by atoms with Crippen LogP contribution in [0.1, 0.15) is 34.1 Å². The molecule has 0 aliphatic carbocycles. The summed E-state index contributed by atoms with van der Waals surface area (Å²) in [5.41, 5.74) is 0. The first-order valence-corrected chi connectivity index (χ1v) is 13.0. The highest BCUT2D eigenvalue weighted by atomic mass is 32.2. The van der Waals surface area contributed by atoms with E-state index in [4.69, 9.17) is 0 Å². The van der Waals surface area contributed by atoms with Crippen LogP contribution < -0.4 is 21.3 Å². The average molecular weight is 548 g/mol. The summed E-state index contributed by atoms with van der Waals surface area (Å²) in [5, 5.41) is 7.50. The van der Waals surface area contributed by atoms with Crippen molar-refractivity contribution in [3.63, 3.8) is 0 Å². The van der Waals surface area contributed by atoms with E-state index in [0.29, 0.717) is 4.90 Å². The zero-order valence-corrected chi connectivity index (χ0v) is 21.8. The van der Waals surface area contributed by atoms with Gasteiger partial charge >= 0.3 is 6.09 Å². The summed E-state index contributed by atoms with van der Waals surface area (Å²) < 4.78 is 37.9. The number of ether oxygens (including phenoxy) is 1. The third-order valence-electron chi connectivity index (χ3n) is 5.14. The zero-order chi connectivity index (χ0) is 28.3. The van der Waals surface area contributed by atoms with E-state index in [1.165, 1.54) is 6.92 Å². The van der Waals surface area contributed by atoms with Gasteiger partial charge in [0.1, 0.15) is 12.1 Å². The lowest BCUT2D eigenvalue weighted by molar-refractivity contribution is -0.137. The van der Waals surface area contributed by atoms with Gasteiger partial charge < -0.3 is 26.0 Å². The van der Waals surface area contributed by atoms with Gasteiger partial charge in [0, 0.05) is 31.8 Å². The van der Waals surface area contributed by atoms with Gasteiger partial charge in [-0.3, -0.25) is 33.4 Å². The van der Waals surface area contributed by atoms with Gasteiger partial charge in [-0.25, -0.2) is 4.79 Å². The molecule has 0 saturated carbocycles. The molecule has 208 valence electrons. The van der Waals surface area contributed by atoms with E-state index in [2.05, 4.69) is 26.0 Å². The van der Waals surface area contributed by atoms with Crippen LogP contribution in [0, 0.1) is 5.92 Å². The number of carbonyl (C=O) groups is 6. The number of rotatable bonds is 14. The van der Waals surface area contributed by atoms with Gasteiger partial charge in [0.2, 0.25) is 17.7 Å². The van der Waals surface area contributed by atoms with E-state index in [9.17, 15) is 41.7 Å². The molecule has 1 rings (SSSR count).